The van der Waals surface area contributed by atoms with E-state index in [1.54, 1.807) is 0 Å². The molecule has 15 heavy (non-hydrogen) atoms. The average Bonchev–Trinajstić information content (AvgIpc) is 2.64. The number of hydrogen-bond donors (Lipinski definition) is 1. The third-order valence-electron chi connectivity index (χ3n) is 1.72. The van der Waals surface area contributed by atoms with Crippen LogP contribution >= 0.6 is 11.6 Å². The second kappa shape index (κ2) is 4.89. The van der Waals surface area contributed by atoms with Crippen LogP contribution in [0, 0.1) is 5.82 Å². The molecule has 0 saturated carbocycles. The number of H-pyrrole nitrogens is 1. The first kappa shape index (κ1) is 11.7. The summed E-state index contributed by atoms with van der Waals surface area (Å²) >= 11 is 5.46. The third-order valence-corrected chi connectivity index (χ3v) is 1.98. The molecule has 0 aliphatic rings. The van der Waals surface area contributed by atoms with Crippen LogP contribution < -0.4 is 0 Å². The van der Waals surface area contributed by atoms with Gasteiger partial charge in [0.2, 0.25) is 0 Å². The number of nitrogens with one attached hydrogen (secondary N) is 1. The monoisotopic (exact) mass is 228 g/mol. The Balaban J connectivity index is 0.000000531. The average molecular weight is 229 g/mol. The molecule has 0 amide bonds. The summed E-state index contributed by atoms with van der Waals surface area (Å²) in [5.74, 6) is -0.603. The first-order valence-electron chi connectivity index (χ1n) is 4.50. The molecule has 0 saturated heterocycles. The molecular formula is C10H10ClFN2O. The van der Waals surface area contributed by atoms with E-state index in [1.165, 1.54) is 12.3 Å². The SMILES string of the molecule is CC.O=Cc1c[nH]c2cc(F)c(Cl)nc12. The number of carbonyl (C=O) groups is 1. The molecule has 2 rings (SSSR count). The molecule has 0 fully saturated rings. The number of halogens is 2. The maximum absolute atomic E-state index is 12.9. The van der Waals surface area contributed by atoms with Crippen molar-refractivity contribution in [1.82, 2.24) is 9.97 Å². The van der Waals surface area contributed by atoms with Gasteiger partial charge in [-0.05, 0) is 0 Å². The number of aromatic nitrogens is 2. The maximum atomic E-state index is 12.9. The van der Waals surface area contributed by atoms with Gasteiger partial charge < -0.3 is 4.98 Å². The van der Waals surface area contributed by atoms with Crippen LogP contribution in [-0.2, 0) is 0 Å². The molecule has 5 heteroatoms. The van der Waals surface area contributed by atoms with E-state index in [0.29, 0.717) is 22.9 Å². The summed E-state index contributed by atoms with van der Waals surface area (Å²) in [6, 6.07) is 1.21. The fraction of sp³-hybridized carbons (Fsp3) is 0.200. The second-order valence-electron chi connectivity index (χ2n) is 2.52. The predicted molar refractivity (Wildman–Crippen MR) is 57.8 cm³/mol. The van der Waals surface area contributed by atoms with E-state index in [1.807, 2.05) is 13.8 Å². The van der Waals surface area contributed by atoms with Crippen LogP contribution in [0.1, 0.15) is 24.2 Å². The van der Waals surface area contributed by atoms with Gasteiger partial charge in [-0.15, -0.1) is 0 Å². The number of aldehydes is 1. The lowest BCUT2D eigenvalue weighted by atomic mass is 10.3. The Morgan fingerprint density at radius 1 is 1.53 bits per heavy atom. The van der Waals surface area contributed by atoms with Crippen molar-refractivity contribution in [3.63, 3.8) is 0 Å². The minimum absolute atomic E-state index is 0.227. The van der Waals surface area contributed by atoms with Crippen molar-refractivity contribution in [3.8, 4) is 0 Å². The van der Waals surface area contributed by atoms with Crippen molar-refractivity contribution in [2.45, 2.75) is 13.8 Å². The molecule has 0 radical (unpaired) electrons. The summed E-state index contributed by atoms with van der Waals surface area (Å²) in [5.41, 5.74) is 1.22. The molecule has 80 valence electrons. The summed E-state index contributed by atoms with van der Waals surface area (Å²) < 4.78 is 12.9. The van der Waals surface area contributed by atoms with Gasteiger partial charge in [-0.3, -0.25) is 4.79 Å². The van der Waals surface area contributed by atoms with Crippen molar-refractivity contribution in [2.24, 2.45) is 0 Å². The zero-order valence-corrected chi connectivity index (χ0v) is 9.10. The number of pyridine rings is 1. The summed E-state index contributed by atoms with van der Waals surface area (Å²) in [4.78, 5) is 16.9. The molecule has 0 spiro atoms. The quantitative estimate of drug-likeness (QED) is 0.602. The molecule has 0 bridgehead atoms. The molecule has 0 aliphatic heterocycles. The third kappa shape index (κ3) is 2.15. The van der Waals surface area contributed by atoms with Crippen LogP contribution in [0.3, 0.4) is 0 Å². The Kier molecular flexibility index (Phi) is 3.80. The van der Waals surface area contributed by atoms with Gasteiger partial charge in [0, 0.05) is 12.3 Å². The van der Waals surface area contributed by atoms with E-state index in [9.17, 15) is 9.18 Å². The molecule has 2 aromatic rings. The Labute approximate surface area is 91.3 Å². The Bertz CT molecular complexity index is 481. The van der Waals surface area contributed by atoms with Crippen molar-refractivity contribution in [2.75, 3.05) is 0 Å². The van der Waals surface area contributed by atoms with Crippen LogP contribution in [0.15, 0.2) is 12.3 Å². The lowest BCUT2D eigenvalue weighted by Crippen LogP contribution is -1.85. The second-order valence-corrected chi connectivity index (χ2v) is 2.88. The van der Waals surface area contributed by atoms with E-state index in [4.69, 9.17) is 11.6 Å². The van der Waals surface area contributed by atoms with Crippen LogP contribution in [0.2, 0.25) is 5.15 Å². The molecule has 3 nitrogen and oxygen atoms in total. The topological polar surface area (TPSA) is 45.8 Å². The normalized spacial score (nSPS) is 9.60. The largest absolute Gasteiger partial charge is 0.359 e. The number of aromatic amines is 1. The molecule has 2 aromatic heterocycles. The van der Waals surface area contributed by atoms with Gasteiger partial charge in [0.1, 0.15) is 5.52 Å². The van der Waals surface area contributed by atoms with E-state index in [0.717, 1.165) is 0 Å². The lowest BCUT2D eigenvalue weighted by Gasteiger charge is -1.93. The number of rotatable bonds is 1. The van der Waals surface area contributed by atoms with Crippen molar-refractivity contribution >= 4 is 28.9 Å². The zero-order valence-electron chi connectivity index (χ0n) is 8.34. The van der Waals surface area contributed by atoms with Crippen molar-refractivity contribution < 1.29 is 9.18 Å². The Hall–Kier alpha value is -1.42. The number of nitrogens with zero attached hydrogens (tertiary/aromatic N) is 1. The van der Waals surface area contributed by atoms with Gasteiger partial charge in [0.15, 0.2) is 17.3 Å². The summed E-state index contributed by atoms with van der Waals surface area (Å²) in [6.45, 7) is 4.00. The highest BCUT2D eigenvalue weighted by molar-refractivity contribution is 6.30. The Morgan fingerprint density at radius 2 is 2.20 bits per heavy atom. The molecule has 0 aromatic carbocycles. The lowest BCUT2D eigenvalue weighted by molar-refractivity contribution is 0.112. The van der Waals surface area contributed by atoms with E-state index in [2.05, 4.69) is 9.97 Å². The molecule has 0 unspecified atom stereocenters. The number of hydrogen-bond acceptors (Lipinski definition) is 2. The fourth-order valence-corrected chi connectivity index (χ4v) is 1.25. The van der Waals surface area contributed by atoms with E-state index < -0.39 is 5.82 Å². The predicted octanol–water partition coefficient (Wildman–Crippen LogP) is 3.19. The van der Waals surface area contributed by atoms with Gasteiger partial charge in [-0.2, -0.15) is 0 Å². The Morgan fingerprint density at radius 3 is 2.80 bits per heavy atom. The highest BCUT2D eigenvalue weighted by Crippen LogP contribution is 2.20. The smallest absolute Gasteiger partial charge is 0.165 e. The minimum Gasteiger partial charge on any atom is -0.359 e. The van der Waals surface area contributed by atoms with Crippen molar-refractivity contribution in [1.29, 1.82) is 0 Å². The van der Waals surface area contributed by atoms with Gasteiger partial charge in [0.25, 0.3) is 0 Å². The highest BCUT2D eigenvalue weighted by atomic mass is 35.5. The van der Waals surface area contributed by atoms with Crippen LogP contribution in [0.25, 0.3) is 11.0 Å². The van der Waals surface area contributed by atoms with Gasteiger partial charge >= 0.3 is 0 Å². The molecule has 1 N–H and O–H groups in total. The fourth-order valence-electron chi connectivity index (χ4n) is 1.11. The van der Waals surface area contributed by atoms with Gasteiger partial charge in [-0.1, -0.05) is 25.4 Å². The first-order chi connectivity index (χ1) is 7.22. The summed E-state index contributed by atoms with van der Waals surface area (Å²) in [7, 11) is 0. The van der Waals surface area contributed by atoms with E-state index in [-0.39, 0.29) is 5.15 Å². The maximum Gasteiger partial charge on any atom is 0.165 e. The molecule has 0 atom stereocenters. The van der Waals surface area contributed by atoms with E-state index >= 15 is 0 Å². The van der Waals surface area contributed by atoms with Gasteiger partial charge in [0.05, 0.1) is 11.1 Å². The van der Waals surface area contributed by atoms with Crippen LogP contribution in [0.5, 0.6) is 0 Å². The summed E-state index contributed by atoms with van der Waals surface area (Å²) in [5, 5.41) is -0.227. The molecular weight excluding hydrogens is 219 g/mol. The molecule has 2 heterocycles. The summed E-state index contributed by atoms with van der Waals surface area (Å²) in [6.07, 6.45) is 2.10. The molecule has 0 aliphatic carbocycles. The van der Waals surface area contributed by atoms with Crippen molar-refractivity contribution in [3.05, 3.63) is 28.8 Å². The minimum atomic E-state index is -0.603. The standard InChI is InChI=1S/C8H4ClFN2O.C2H6/c9-8-5(10)1-6-7(12-8)4(3-13)2-11-6;1-2/h1-3,11H;1-2H3. The first-order valence-corrected chi connectivity index (χ1v) is 4.88. The van der Waals surface area contributed by atoms with Crippen LogP contribution in [0.4, 0.5) is 4.39 Å². The van der Waals surface area contributed by atoms with Gasteiger partial charge in [-0.25, -0.2) is 9.37 Å². The zero-order chi connectivity index (χ0) is 11.4. The highest BCUT2D eigenvalue weighted by Gasteiger charge is 2.08. The number of fused-ring (bicyclic) bond motifs is 1. The number of carbonyl (C=O) groups excluding carboxylic acids is 1. The van der Waals surface area contributed by atoms with Crippen LogP contribution in [-0.4, -0.2) is 16.3 Å².